The number of hydrogen-bond donors (Lipinski definition) is 3. The zero-order chi connectivity index (χ0) is 9.14. The SMILES string of the molecule is C#[N+]C1COC(CO)[C@@H](O)C1O. The van der Waals surface area contributed by atoms with Crippen LogP contribution in [-0.4, -0.2) is 52.9 Å². The van der Waals surface area contributed by atoms with E-state index in [2.05, 4.69) is 4.85 Å². The minimum Gasteiger partial charge on any atom is -0.394 e. The second-order valence-electron chi connectivity index (χ2n) is 2.75. The van der Waals surface area contributed by atoms with Crippen molar-refractivity contribution in [3.8, 4) is 6.57 Å². The normalized spacial score (nSPS) is 42.2. The van der Waals surface area contributed by atoms with Crippen LogP contribution < -0.4 is 0 Å². The lowest BCUT2D eigenvalue weighted by Gasteiger charge is -2.29. The third-order valence-corrected chi connectivity index (χ3v) is 1.98. The summed E-state index contributed by atoms with van der Waals surface area (Å²) in [4.78, 5) is 3.33. The molecule has 1 aliphatic heterocycles. The highest BCUT2D eigenvalue weighted by atomic mass is 16.5. The fourth-order valence-corrected chi connectivity index (χ4v) is 1.16. The van der Waals surface area contributed by atoms with E-state index in [1.807, 2.05) is 0 Å². The van der Waals surface area contributed by atoms with Gasteiger partial charge in [-0.2, -0.15) is 0 Å². The van der Waals surface area contributed by atoms with Crippen LogP contribution in [0.15, 0.2) is 0 Å². The predicted molar refractivity (Wildman–Crippen MR) is 40.9 cm³/mol. The molecule has 5 heteroatoms. The molecule has 3 N–H and O–H groups in total. The van der Waals surface area contributed by atoms with E-state index in [0.717, 1.165) is 0 Å². The Bertz CT molecular complexity index is 190. The van der Waals surface area contributed by atoms with Gasteiger partial charge in [-0.1, -0.05) is 4.85 Å². The first-order chi connectivity index (χ1) is 5.70. The second kappa shape index (κ2) is 3.83. The van der Waals surface area contributed by atoms with Gasteiger partial charge in [0.2, 0.25) is 0 Å². The minimum absolute atomic E-state index is 0.125. The fraction of sp³-hybridized carbons (Fsp3) is 0.857. The van der Waals surface area contributed by atoms with E-state index in [9.17, 15) is 10.2 Å². The van der Waals surface area contributed by atoms with Gasteiger partial charge in [0.25, 0.3) is 6.57 Å². The van der Waals surface area contributed by atoms with Crippen molar-refractivity contribution >= 4 is 0 Å². The molecule has 5 nitrogen and oxygen atoms in total. The number of nitrogens with zero attached hydrogens (tertiary/aromatic N) is 1. The van der Waals surface area contributed by atoms with Crippen molar-refractivity contribution in [2.75, 3.05) is 13.2 Å². The van der Waals surface area contributed by atoms with E-state index in [4.69, 9.17) is 16.4 Å². The molecular formula is C7H12NO4+. The standard InChI is InChI=1S/C7H12NO4/c1-8-4-3-12-5(2-9)7(11)6(4)10/h1,4-7,9-11H,2-3H2/q+1/t4?,5?,6?,7-/m1/s1. The molecule has 1 aliphatic rings. The summed E-state index contributed by atoms with van der Waals surface area (Å²) in [5.41, 5.74) is 0. The van der Waals surface area contributed by atoms with Crippen molar-refractivity contribution in [2.45, 2.75) is 24.4 Å². The molecule has 0 aromatic carbocycles. The Labute approximate surface area is 70.0 Å². The molecule has 12 heavy (non-hydrogen) atoms. The molecule has 1 fully saturated rings. The van der Waals surface area contributed by atoms with Gasteiger partial charge in [-0.25, -0.2) is 0 Å². The molecule has 0 aromatic heterocycles. The van der Waals surface area contributed by atoms with E-state index in [1.165, 1.54) is 0 Å². The molecule has 1 saturated heterocycles. The third kappa shape index (κ3) is 1.57. The molecule has 0 aromatic rings. The molecule has 0 aliphatic carbocycles. The molecule has 68 valence electrons. The zero-order valence-corrected chi connectivity index (χ0v) is 6.50. The predicted octanol–water partition coefficient (Wildman–Crippen LogP) is -1.57. The van der Waals surface area contributed by atoms with Gasteiger partial charge in [-0.3, -0.25) is 0 Å². The number of ether oxygens (including phenoxy) is 1. The molecule has 0 spiro atoms. The van der Waals surface area contributed by atoms with Crippen LogP contribution >= 0.6 is 0 Å². The van der Waals surface area contributed by atoms with Gasteiger partial charge in [0.15, 0.2) is 6.10 Å². The Morgan fingerprint density at radius 2 is 2.08 bits per heavy atom. The van der Waals surface area contributed by atoms with Crippen LogP contribution in [0.1, 0.15) is 0 Å². The van der Waals surface area contributed by atoms with Crippen LogP contribution in [0.2, 0.25) is 0 Å². The lowest BCUT2D eigenvalue weighted by Crippen LogP contribution is -2.52. The summed E-state index contributed by atoms with van der Waals surface area (Å²) in [7, 11) is 0. The first-order valence-electron chi connectivity index (χ1n) is 3.69. The van der Waals surface area contributed by atoms with Crippen LogP contribution in [0.4, 0.5) is 0 Å². The van der Waals surface area contributed by atoms with Gasteiger partial charge in [0.1, 0.15) is 18.8 Å². The van der Waals surface area contributed by atoms with E-state index in [-0.39, 0.29) is 13.2 Å². The average Bonchev–Trinajstić information content (AvgIpc) is 2.10. The van der Waals surface area contributed by atoms with Crippen molar-refractivity contribution in [2.24, 2.45) is 0 Å². The Hall–Kier alpha value is -0.670. The third-order valence-electron chi connectivity index (χ3n) is 1.98. The largest absolute Gasteiger partial charge is 0.394 e. The minimum atomic E-state index is -1.12. The first-order valence-corrected chi connectivity index (χ1v) is 3.69. The smallest absolute Gasteiger partial charge is 0.322 e. The Balaban J connectivity index is 2.60. The molecule has 3 unspecified atom stereocenters. The highest BCUT2D eigenvalue weighted by Gasteiger charge is 2.43. The van der Waals surface area contributed by atoms with Gasteiger partial charge >= 0.3 is 6.04 Å². The van der Waals surface area contributed by atoms with Crippen molar-refractivity contribution in [1.82, 2.24) is 0 Å². The van der Waals surface area contributed by atoms with E-state index in [0.29, 0.717) is 0 Å². The molecular weight excluding hydrogens is 162 g/mol. The maximum atomic E-state index is 9.32. The van der Waals surface area contributed by atoms with Crippen molar-refractivity contribution < 1.29 is 20.1 Å². The summed E-state index contributed by atoms with van der Waals surface area (Å²) in [6.45, 7) is 4.76. The number of hydrogen-bond acceptors (Lipinski definition) is 4. The first kappa shape index (κ1) is 9.42. The van der Waals surface area contributed by atoms with Gasteiger partial charge in [0.05, 0.1) is 6.61 Å². The van der Waals surface area contributed by atoms with Gasteiger partial charge in [0, 0.05) is 0 Å². The number of aliphatic hydroxyl groups is 3. The lowest BCUT2D eigenvalue weighted by atomic mass is 9.99. The van der Waals surface area contributed by atoms with Crippen LogP contribution in [0.5, 0.6) is 0 Å². The highest BCUT2D eigenvalue weighted by Crippen LogP contribution is 2.17. The number of aliphatic hydroxyl groups excluding tert-OH is 3. The second-order valence-corrected chi connectivity index (χ2v) is 2.75. The monoisotopic (exact) mass is 174 g/mol. The molecule has 0 amide bonds. The molecule has 1 rings (SSSR count). The maximum absolute atomic E-state index is 9.32. The van der Waals surface area contributed by atoms with Gasteiger partial charge in [-0.15, -0.1) is 0 Å². The van der Waals surface area contributed by atoms with E-state index in [1.54, 1.807) is 0 Å². The summed E-state index contributed by atoms with van der Waals surface area (Å²) in [6, 6.07) is -0.609. The van der Waals surface area contributed by atoms with Gasteiger partial charge < -0.3 is 20.1 Å². The molecule has 0 bridgehead atoms. The van der Waals surface area contributed by atoms with Crippen LogP contribution in [0.3, 0.4) is 0 Å². The quantitative estimate of drug-likeness (QED) is 0.449. The Kier molecular flexibility index (Phi) is 3.00. The Morgan fingerprint density at radius 1 is 1.42 bits per heavy atom. The molecule has 0 saturated carbocycles. The van der Waals surface area contributed by atoms with E-state index >= 15 is 0 Å². The fourth-order valence-electron chi connectivity index (χ4n) is 1.16. The van der Waals surface area contributed by atoms with Crippen molar-refractivity contribution in [1.29, 1.82) is 0 Å². The highest BCUT2D eigenvalue weighted by molar-refractivity contribution is 4.97. The zero-order valence-electron chi connectivity index (χ0n) is 6.50. The van der Waals surface area contributed by atoms with Crippen molar-refractivity contribution in [3.05, 3.63) is 4.85 Å². The number of rotatable bonds is 1. The summed E-state index contributed by atoms with van der Waals surface area (Å²) in [6.07, 6.45) is -2.92. The summed E-state index contributed by atoms with van der Waals surface area (Å²) in [5, 5.41) is 27.3. The molecule has 1 heterocycles. The topological polar surface area (TPSA) is 74.3 Å². The van der Waals surface area contributed by atoms with E-state index < -0.39 is 24.4 Å². The van der Waals surface area contributed by atoms with Crippen LogP contribution in [-0.2, 0) is 4.74 Å². The summed E-state index contributed by atoms with van der Waals surface area (Å²) >= 11 is 0. The lowest BCUT2D eigenvalue weighted by molar-refractivity contribution is -0.150. The molecule has 0 radical (unpaired) electrons. The summed E-state index contributed by atoms with van der Waals surface area (Å²) < 4.78 is 4.98. The van der Waals surface area contributed by atoms with Crippen LogP contribution in [0, 0.1) is 6.57 Å². The average molecular weight is 174 g/mol. The van der Waals surface area contributed by atoms with Crippen LogP contribution in [0.25, 0.3) is 4.85 Å². The summed E-state index contributed by atoms with van der Waals surface area (Å²) in [5.74, 6) is 0. The van der Waals surface area contributed by atoms with Crippen molar-refractivity contribution in [3.63, 3.8) is 0 Å². The maximum Gasteiger partial charge on any atom is 0.322 e. The van der Waals surface area contributed by atoms with Gasteiger partial charge in [-0.05, 0) is 0 Å². The Morgan fingerprint density at radius 3 is 2.58 bits per heavy atom. The molecule has 4 atom stereocenters.